The van der Waals surface area contributed by atoms with Crippen LogP contribution in [0.5, 0.6) is 0 Å². The molecule has 0 amide bonds. The number of nitrogens with zero attached hydrogens (tertiary/aromatic N) is 3. The molecule has 0 saturated carbocycles. The summed E-state index contributed by atoms with van der Waals surface area (Å²) in [7, 11) is 1.74. The lowest BCUT2D eigenvalue weighted by molar-refractivity contribution is -0.176. The Labute approximate surface area is 116 Å². The standard InChI is InChI=1S/C13H19F3N4/c1-8-11(17-3)18-9(2)19-12(8)20-6-4-5-10(7-20)13(14,15)16/h10H,4-7H2,1-3H3,(H,17,18,19). The highest BCUT2D eigenvalue weighted by atomic mass is 19.4. The summed E-state index contributed by atoms with van der Waals surface area (Å²) in [6.07, 6.45) is -3.41. The Balaban J connectivity index is 2.29. The van der Waals surface area contributed by atoms with Crippen LogP contribution in [0, 0.1) is 19.8 Å². The number of alkyl halides is 3. The van der Waals surface area contributed by atoms with Crippen LogP contribution >= 0.6 is 0 Å². The summed E-state index contributed by atoms with van der Waals surface area (Å²) in [6, 6.07) is 0. The normalized spacial score (nSPS) is 20.1. The second kappa shape index (κ2) is 5.46. The third kappa shape index (κ3) is 2.96. The molecular formula is C13H19F3N4. The van der Waals surface area contributed by atoms with Crippen LogP contribution in [0.15, 0.2) is 0 Å². The molecule has 0 aromatic carbocycles. The van der Waals surface area contributed by atoms with Gasteiger partial charge in [0.2, 0.25) is 0 Å². The molecule has 20 heavy (non-hydrogen) atoms. The number of hydrogen-bond donors (Lipinski definition) is 1. The van der Waals surface area contributed by atoms with Gasteiger partial charge in [-0.25, -0.2) is 9.97 Å². The number of anilines is 2. The zero-order chi connectivity index (χ0) is 14.9. The van der Waals surface area contributed by atoms with Crippen LogP contribution < -0.4 is 10.2 Å². The Bertz CT molecular complexity index is 487. The largest absolute Gasteiger partial charge is 0.393 e. The zero-order valence-corrected chi connectivity index (χ0v) is 11.9. The molecule has 7 heteroatoms. The lowest BCUT2D eigenvalue weighted by Crippen LogP contribution is -2.42. The maximum atomic E-state index is 12.9. The minimum absolute atomic E-state index is 0.0239. The minimum atomic E-state index is -4.14. The first-order valence-corrected chi connectivity index (χ1v) is 6.67. The summed E-state index contributed by atoms with van der Waals surface area (Å²) in [5.41, 5.74) is 0.793. The van der Waals surface area contributed by atoms with Gasteiger partial charge in [0.1, 0.15) is 17.5 Å². The predicted octanol–water partition coefficient (Wildman–Crippen LogP) is 2.91. The van der Waals surface area contributed by atoms with Gasteiger partial charge in [-0.15, -0.1) is 0 Å². The van der Waals surface area contributed by atoms with Crippen molar-refractivity contribution in [2.24, 2.45) is 5.92 Å². The maximum Gasteiger partial charge on any atom is 0.393 e. The molecule has 1 aliphatic rings. The molecule has 1 fully saturated rings. The molecule has 1 N–H and O–H groups in total. The minimum Gasteiger partial charge on any atom is -0.373 e. The predicted molar refractivity (Wildman–Crippen MR) is 72.0 cm³/mol. The highest BCUT2D eigenvalue weighted by molar-refractivity contribution is 5.58. The Morgan fingerprint density at radius 2 is 1.95 bits per heavy atom. The number of halogens is 3. The number of rotatable bonds is 2. The third-order valence-electron chi connectivity index (χ3n) is 3.65. The summed E-state index contributed by atoms with van der Waals surface area (Å²) >= 11 is 0. The topological polar surface area (TPSA) is 41.1 Å². The maximum absolute atomic E-state index is 12.9. The zero-order valence-electron chi connectivity index (χ0n) is 11.9. The first-order chi connectivity index (χ1) is 9.32. The second-order valence-electron chi connectivity index (χ2n) is 5.14. The summed E-state index contributed by atoms with van der Waals surface area (Å²) in [4.78, 5) is 10.3. The number of piperidine rings is 1. The van der Waals surface area contributed by atoms with Gasteiger partial charge in [-0.2, -0.15) is 13.2 Å². The van der Waals surface area contributed by atoms with Gasteiger partial charge in [0.05, 0.1) is 5.92 Å². The van der Waals surface area contributed by atoms with Crippen molar-refractivity contribution in [3.05, 3.63) is 11.4 Å². The molecule has 0 radical (unpaired) electrons. The van der Waals surface area contributed by atoms with Gasteiger partial charge >= 0.3 is 6.18 Å². The fourth-order valence-electron chi connectivity index (χ4n) is 2.60. The van der Waals surface area contributed by atoms with Crippen molar-refractivity contribution in [2.45, 2.75) is 32.9 Å². The van der Waals surface area contributed by atoms with Crippen molar-refractivity contribution in [1.82, 2.24) is 9.97 Å². The Morgan fingerprint density at radius 1 is 1.25 bits per heavy atom. The van der Waals surface area contributed by atoms with E-state index in [1.54, 1.807) is 18.9 Å². The second-order valence-corrected chi connectivity index (χ2v) is 5.14. The lowest BCUT2D eigenvalue weighted by Gasteiger charge is -2.35. The molecule has 0 aliphatic carbocycles. The van der Waals surface area contributed by atoms with Crippen molar-refractivity contribution < 1.29 is 13.2 Å². The van der Waals surface area contributed by atoms with Crippen molar-refractivity contribution in [1.29, 1.82) is 0 Å². The first-order valence-electron chi connectivity index (χ1n) is 6.67. The number of aromatic nitrogens is 2. The van der Waals surface area contributed by atoms with Crippen LogP contribution in [0.25, 0.3) is 0 Å². The average Bonchev–Trinajstić information content (AvgIpc) is 2.40. The number of hydrogen-bond acceptors (Lipinski definition) is 4. The van der Waals surface area contributed by atoms with E-state index in [-0.39, 0.29) is 13.0 Å². The molecule has 1 aliphatic heterocycles. The van der Waals surface area contributed by atoms with E-state index >= 15 is 0 Å². The third-order valence-corrected chi connectivity index (χ3v) is 3.65. The molecule has 1 saturated heterocycles. The first kappa shape index (κ1) is 14.9. The molecule has 1 atom stereocenters. The van der Waals surface area contributed by atoms with Crippen LogP contribution in [0.3, 0.4) is 0 Å². The smallest absolute Gasteiger partial charge is 0.373 e. The summed E-state index contributed by atoms with van der Waals surface area (Å²) in [5.74, 6) is 0.561. The van der Waals surface area contributed by atoms with Crippen LogP contribution in [-0.4, -0.2) is 36.3 Å². The molecule has 4 nitrogen and oxygen atoms in total. The van der Waals surface area contributed by atoms with E-state index in [4.69, 9.17) is 0 Å². The van der Waals surface area contributed by atoms with Gasteiger partial charge in [-0.05, 0) is 26.7 Å². The van der Waals surface area contributed by atoms with E-state index in [9.17, 15) is 13.2 Å². The lowest BCUT2D eigenvalue weighted by atomic mass is 9.97. The van der Waals surface area contributed by atoms with E-state index < -0.39 is 12.1 Å². The van der Waals surface area contributed by atoms with Gasteiger partial charge in [-0.3, -0.25) is 0 Å². The van der Waals surface area contributed by atoms with Gasteiger partial charge in [0.15, 0.2) is 0 Å². The van der Waals surface area contributed by atoms with Crippen molar-refractivity contribution in [3.8, 4) is 0 Å². The molecule has 2 heterocycles. The molecule has 1 aromatic rings. The summed E-state index contributed by atoms with van der Waals surface area (Å²) < 4.78 is 38.7. The molecule has 2 rings (SSSR count). The van der Waals surface area contributed by atoms with Gasteiger partial charge in [-0.1, -0.05) is 0 Å². The molecule has 0 bridgehead atoms. The number of aryl methyl sites for hydroxylation is 1. The average molecular weight is 288 g/mol. The molecule has 0 spiro atoms. The van der Waals surface area contributed by atoms with E-state index in [1.165, 1.54) is 0 Å². The van der Waals surface area contributed by atoms with Crippen molar-refractivity contribution >= 4 is 11.6 Å². The fraction of sp³-hybridized carbons (Fsp3) is 0.692. The summed E-state index contributed by atoms with van der Waals surface area (Å²) in [6.45, 7) is 4.16. The van der Waals surface area contributed by atoms with E-state index in [0.717, 1.165) is 5.56 Å². The SMILES string of the molecule is CNc1nc(C)nc(N2CCCC(C(F)(F)F)C2)c1C. The quantitative estimate of drug-likeness (QED) is 0.908. The molecule has 112 valence electrons. The Morgan fingerprint density at radius 3 is 2.55 bits per heavy atom. The molecule has 1 aromatic heterocycles. The molecular weight excluding hydrogens is 269 g/mol. The fourth-order valence-corrected chi connectivity index (χ4v) is 2.60. The van der Waals surface area contributed by atoms with Crippen LogP contribution in [0.2, 0.25) is 0 Å². The van der Waals surface area contributed by atoms with E-state index in [0.29, 0.717) is 30.4 Å². The Kier molecular flexibility index (Phi) is 4.06. The van der Waals surface area contributed by atoms with E-state index in [2.05, 4.69) is 15.3 Å². The van der Waals surface area contributed by atoms with Gasteiger partial charge < -0.3 is 10.2 Å². The van der Waals surface area contributed by atoms with Crippen molar-refractivity contribution in [2.75, 3.05) is 30.4 Å². The van der Waals surface area contributed by atoms with Gasteiger partial charge in [0.25, 0.3) is 0 Å². The van der Waals surface area contributed by atoms with Gasteiger partial charge in [0, 0.05) is 25.7 Å². The highest BCUT2D eigenvalue weighted by Crippen LogP contribution is 2.35. The Hall–Kier alpha value is -1.53. The van der Waals surface area contributed by atoms with Crippen LogP contribution in [-0.2, 0) is 0 Å². The molecule has 1 unspecified atom stereocenters. The monoisotopic (exact) mass is 288 g/mol. The van der Waals surface area contributed by atoms with Crippen LogP contribution in [0.4, 0.5) is 24.8 Å². The van der Waals surface area contributed by atoms with Crippen LogP contribution in [0.1, 0.15) is 24.2 Å². The van der Waals surface area contributed by atoms with E-state index in [1.807, 2.05) is 6.92 Å². The highest BCUT2D eigenvalue weighted by Gasteiger charge is 2.42. The van der Waals surface area contributed by atoms with Crippen molar-refractivity contribution in [3.63, 3.8) is 0 Å². The number of nitrogens with one attached hydrogen (secondary N) is 1. The summed E-state index contributed by atoms with van der Waals surface area (Å²) in [5, 5.41) is 2.96.